The molecule has 30 heavy (non-hydrogen) atoms. The van der Waals surface area contributed by atoms with Gasteiger partial charge >= 0.3 is 5.97 Å². The van der Waals surface area contributed by atoms with Gasteiger partial charge in [0.2, 0.25) is 17.7 Å². The Kier molecular flexibility index (Phi) is 12.8. The van der Waals surface area contributed by atoms with E-state index >= 15 is 0 Å². The van der Waals surface area contributed by atoms with Gasteiger partial charge in [-0.1, -0.05) is 13.8 Å². The average Bonchev–Trinajstić information content (AvgIpc) is 2.67. The number of hydrogen-bond donors (Lipinski definition) is 8. The van der Waals surface area contributed by atoms with E-state index in [0.29, 0.717) is 19.4 Å². The summed E-state index contributed by atoms with van der Waals surface area (Å²) in [6.07, 6.45) is 0.0785. The largest absolute Gasteiger partial charge is 0.480 e. The number of aliphatic carboxylic acids is 1. The van der Waals surface area contributed by atoms with Gasteiger partial charge in [-0.15, -0.1) is 0 Å². The molecule has 0 aliphatic rings. The van der Waals surface area contributed by atoms with Gasteiger partial charge in [-0.3, -0.25) is 14.4 Å². The van der Waals surface area contributed by atoms with Crippen molar-refractivity contribution in [2.24, 2.45) is 17.4 Å². The quantitative estimate of drug-likeness (QED) is 0.131. The van der Waals surface area contributed by atoms with Gasteiger partial charge in [-0.2, -0.15) is 0 Å². The molecule has 0 bridgehead atoms. The molecule has 0 fully saturated rings. The van der Waals surface area contributed by atoms with Gasteiger partial charge in [0.05, 0.1) is 12.7 Å². The second-order valence-corrected chi connectivity index (χ2v) is 7.42. The average molecular weight is 434 g/mol. The van der Waals surface area contributed by atoms with Crippen molar-refractivity contribution in [1.82, 2.24) is 16.0 Å². The van der Waals surface area contributed by atoms with Gasteiger partial charge in [0.1, 0.15) is 24.2 Å². The van der Waals surface area contributed by atoms with Gasteiger partial charge in [0, 0.05) is 0 Å². The topological polar surface area (TPSA) is 217 Å². The Morgan fingerprint density at radius 2 is 1.47 bits per heavy atom. The van der Waals surface area contributed by atoms with Gasteiger partial charge in [-0.05, 0) is 38.6 Å². The summed E-state index contributed by atoms with van der Waals surface area (Å²) in [5.74, 6) is -4.04. The molecule has 0 saturated heterocycles. The fourth-order valence-electron chi connectivity index (χ4n) is 2.48. The Morgan fingerprint density at radius 1 is 0.900 bits per heavy atom. The Morgan fingerprint density at radius 3 is 1.90 bits per heavy atom. The summed E-state index contributed by atoms with van der Waals surface area (Å²) in [6.45, 7) is 4.22. The van der Waals surface area contributed by atoms with Crippen molar-refractivity contribution >= 4 is 23.7 Å². The molecule has 0 heterocycles. The molecular weight excluding hydrogens is 398 g/mol. The van der Waals surface area contributed by atoms with Crippen LogP contribution in [0.5, 0.6) is 0 Å². The van der Waals surface area contributed by atoms with Crippen LogP contribution in [0.15, 0.2) is 0 Å². The Hall–Kier alpha value is -2.28. The maximum absolute atomic E-state index is 12.6. The highest BCUT2D eigenvalue weighted by Gasteiger charge is 2.32. The zero-order valence-corrected chi connectivity index (χ0v) is 17.6. The van der Waals surface area contributed by atoms with E-state index in [-0.39, 0.29) is 6.42 Å². The van der Waals surface area contributed by atoms with Crippen LogP contribution in [0.3, 0.4) is 0 Å². The van der Waals surface area contributed by atoms with Crippen molar-refractivity contribution in [3.63, 3.8) is 0 Å². The number of carboxylic acid groups (broad SMARTS) is 1. The number of carbonyl (C=O) groups excluding carboxylic acids is 3. The molecule has 3 amide bonds. The molecule has 12 nitrogen and oxygen atoms in total. The number of nitrogens with two attached hydrogens (primary N) is 2. The van der Waals surface area contributed by atoms with Crippen LogP contribution < -0.4 is 27.4 Å². The van der Waals surface area contributed by atoms with Crippen LogP contribution in [0.4, 0.5) is 0 Å². The number of carbonyl (C=O) groups is 4. The van der Waals surface area contributed by atoms with Crippen molar-refractivity contribution in [1.29, 1.82) is 0 Å². The highest BCUT2D eigenvalue weighted by molar-refractivity contribution is 5.94. The molecule has 0 aliphatic heterocycles. The van der Waals surface area contributed by atoms with Gasteiger partial charge in [-0.25, -0.2) is 4.79 Å². The van der Waals surface area contributed by atoms with Crippen LogP contribution in [0, 0.1) is 5.92 Å². The summed E-state index contributed by atoms with van der Waals surface area (Å²) in [4.78, 5) is 48.3. The van der Waals surface area contributed by atoms with Crippen LogP contribution in [0.25, 0.3) is 0 Å². The fraction of sp³-hybridized carbons (Fsp3) is 0.778. The SMILES string of the molecule is CC(C)C(NC(=O)C(N)C(C)O)C(=O)NC(CO)C(=O)NC(CCCCN)C(=O)O. The Labute approximate surface area is 175 Å². The van der Waals surface area contributed by atoms with Gasteiger partial charge in [0.15, 0.2) is 0 Å². The first-order chi connectivity index (χ1) is 14.0. The first-order valence-corrected chi connectivity index (χ1v) is 9.84. The molecule has 10 N–H and O–H groups in total. The lowest BCUT2D eigenvalue weighted by Crippen LogP contribution is -2.60. The molecule has 0 rings (SSSR count). The second kappa shape index (κ2) is 13.9. The lowest BCUT2D eigenvalue weighted by atomic mass is 10.0. The van der Waals surface area contributed by atoms with E-state index in [1.165, 1.54) is 6.92 Å². The zero-order chi connectivity index (χ0) is 23.4. The summed E-state index contributed by atoms with van der Waals surface area (Å²) < 4.78 is 0. The summed E-state index contributed by atoms with van der Waals surface area (Å²) >= 11 is 0. The summed E-state index contributed by atoms with van der Waals surface area (Å²) in [7, 11) is 0. The van der Waals surface area contributed by atoms with Gasteiger partial charge in [0.25, 0.3) is 0 Å². The number of hydrogen-bond acceptors (Lipinski definition) is 8. The molecule has 0 aromatic carbocycles. The lowest BCUT2D eigenvalue weighted by molar-refractivity contribution is -0.143. The third-order valence-electron chi connectivity index (χ3n) is 4.45. The maximum atomic E-state index is 12.6. The minimum absolute atomic E-state index is 0.145. The first-order valence-electron chi connectivity index (χ1n) is 9.84. The van der Waals surface area contributed by atoms with Crippen LogP contribution in [0.2, 0.25) is 0 Å². The van der Waals surface area contributed by atoms with Crippen molar-refractivity contribution in [3.8, 4) is 0 Å². The minimum atomic E-state index is -1.42. The zero-order valence-electron chi connectivity index (χ0n) is 17.6. The van der Waals surface area contributed by atoms with Crippen molar-refractivity contribution in [2.45, 2.75) is 70.3 Å². The van der Waals surface area contributed by atoms with Crippen LogP contribution in [0.1, 0.15) is 40.0 Å². The van der Waals surface area contributed by atoms with E-state index in [2.05, 4.69) is 16.0 Å². The van der Waals surface area contributed by atoms with Gasteiger partial charge < -0.3 is 42.7 Å². The number of carboxylic acids is 1. The number of aliphatic hydroxyl groups is 2. The minimum Gasteiger partial charge on any atom is -0.480 e. The summed E-state index contributed by atoms with van der Waals surface area (Å²) in [5, 5.41) is 35.1. The smallest absolute Gasteiger partial charge is 0.326 e. The van der Waals surface area contributed by atoms with Crippen LogP contribution >= 0.6 is 0 Å². The van der Waals surface area contributed by atoms with E-state index in [9.17, 15) is 34.5 Å². The molecule has 0 radical (unpaired) electrons. The van der Waals surface area contributed by atoms with E-state index in [4.69, 9.17) is 11.5 Å². The predicted octanol–water partition coefficient (Wildman–Crippen LogP) is -2.99. The van der Waals surface area contributed by atoms with E-state index < -0.39 is 66.5 Å². The molecule has 5 unspecified atom stereocenters. The molecule has 0 saturated carbocycles. The molecule has 5 atom stereocenters. The molecule has 12 heteroatoms. The Balaban J connectivity index is 5.11. The molecule has 0 aromatic rings. The van der Waals surface area contributed by atoms with Crippen LogP contribution in [-0.2, 0) is 19.2 Å². The highest BCUT2D eigenvalue weighted by Crippen LogP contribution is 2.05. The van der Waals surface area contributed by atoms with E-state index in [0.717, 1.165) is 0 Å². The molecule has 0 aromatic heterocycles. The lowest BCUT2D eigenvalue weighted by Gasteiger charge is -2.26. The molecular formula is C18H35N5O7. The standard InChI is InChI=1S/C18H35N5O7/c1-9(2)14(23-16(27)13(20)10(3)25)17(28)22-12(8-24)15(26)21-11(18(29)30)6-4-5-7-19/h9-14,24-25H,4-8,19-20H2,1-3H3,(H,21,26)(H,22,28)(H,23,27)(H,29,30). The van der Waals surface area contributed by atoms with Crippen LogP contribution in [-0.4, -0.2) is 82.4 Å². The number of nitrogens with one attached hydrogen (secondary N) is 3. The second-order valence-electron chi connectivity index (χ2n) is 7.42. The molecule has 174 valence electrons. The van der Waals surface area contributed by atoms with Crippen molar-refractivity contribution in [3.05, 3.63) is 0 Å². The third-order valence-corrected chi connectivity index (χ3v) is 4.45. The van der Waals surface area contributed by atoms with E-state index in [1.54, 1.807) is 13.8 Å². The van der Waals surface area contributed by atoms with Crippen molar-refractivity contribution in [2.75, 3.05) is 13.2 Å². The predicted molar refractivity (Wildman–Crippen MR) is 108 cm³/mol. The number of aliphatic hydroxyl groups excluding tert-OH is 2. The monoisotopic (exact) mass is 433 g/mol. The van der Waals surface area contributed by atoms with E-state index in [1.807, 2.05) is 0 Å². The van der Waals surface area contributed by atoms with Crippen molar-refractivity contribution < 1.29 is 34.5 Å². The number of rotatable bonds is 14. The highest BCUT2D eigenvalue weighted by atomic mass is 16.4. The normalized spacial score (nSPS) is 16.1. The number of unbranched alkanes of at least 4 members (excludes halogenated alkanes) is 1. The molecule has 0 spiro atoms. The third kappa shape index (κ3) is 9.48. The fourth-order valence-corrected chi connectivity index (χ4v) is 2.48. The first kappa shape index (κ1) is 27.7. The maximum Gasteiger partial charge on any atom is 0.326 e. The Bertz CT molecular complexity index is 585. The number of amides is 3. The molecule has 0 aliphatic carbocycles. The summed E-state index contributed by atoms with van der Waals surface area (Å²) in [6, 6.07) is -4.96. The summed E-state index contributed by atoms with van der Waals surface area (Å²) in [5.41, 5.74) is 10.9.